The number of pyridine rings is 1. The maximum atomic E-state index is 12.4. The van der Waals surface area contributed by atoms with Crippen molar-refractivity contribution in [3.8, 4) is 0 Å². The van der Waals surface area contributed by atoms with Crippen molar-refractivity contribution in [3.63, 3.8) is 0 Å². The van der Waals surface area contributed by atoms with E-state index in [9.17, 15) is 4.79 Å². The van der Waals surface area contributed by atoms with E-state index in [0.29, 0.717) is 5.82 Å². The van der Waals surface area contributed by atoms with E-state index in [1.54, 1.807) is 0 Å². The molecule has 1 unspecified atom stereocenters. The summed E-state index contributed by atoms with van der Waals surface area (Å²) < 4.78 is 0.946. The molecule has 1 aliphatic heterocycles. The van der Waals surface area contributed by atoms with Crippen LogP contribution in [0, 0.1) is 12.3 Å². The fraction of sp³-hybridized carbons (Fsp3) is 0.571. The number of anilines is 1. The average molecular weight is 326 g/mol. The molecule has 104 valence electrons. The molecule has 1 amide bonds. The summed E-state index contributed by atoms with van der Waals surface area (Å²) >= 11 is 3.40. The van der Waals surface area contributed by atoms with Crippen LogP contribution < -0.4 is 10.6 Å². The van der Waals surface area contributed by atoms with Crippen molar-refractivity contribution >= 4 is 27.7 Å². The number of halogens is 1. The number of carbonyl (C=O) groups is 1. The monoisotopic (exact) mass is 325 g/mol. The van der Waals surface area contributed by atoms with Crippen LogP contribution in [-0.2, 0) is 4.79 Å². The molecule has 0 aromatic carbocycles. The lowest BCUT2D eigenvalue weighted by molar-refractivity contribution is -0.121. The van der Waals surface area contributed by atoms with Crippen LogP contribution in [0.25, 0.3) is 0 Å². The fourth-order valence-electron chi connectivity index (χ4n) is 2.47. The molecule has 1 aromatic rings. The summed E-state index contributed by atoms with van der Waals surface area (Å²) in [4.78, 5) is 16.7. The molecule has 1 aromatic heterocycles. The van der Waals surface area contributed by atoms with E-state index in [4.69, 9.17) is 0 Å². The van der Waals surface area contributed by atoms with Crippen LogP contribution in [0.2, 0.25) is 0 Å². The molecule has 1 saturated heterocycles. The first-order valence-corrected chi connectivity index (χ1v) is 7.37. The lowest BCUT2D eigenvalue weighted by atomic mass is 9.77. The highest BCUT2D eigenvalue weighted by atomic mass is 79.9. The Kier molecular flexibility index (Phi) is 4.26. The van der Waals surface area contributed by atoms with Gasteiger partial charge in [-0.15, -0.1) is 0 Å². The smallest absolute Gasteiger partial charge is 0.243 e. The second-order valence-corrected chi connectivity index (χ2v) is 6.59. The van der Waals surface area contributed by atoms with Crippen molar-refractivity contribution in [2.45, 2.75) is 39.7 Å². The number of aromatic nitrogens is 1. The van der Waals surface area contributed by atoms with Gasteiger partial charge in [0.1, 0.15) is 5.82 Å². The van der Waals surface area contributed by atoms with Gasteiger partial charge < -0.3 is 10.6 Å². The van der Waals surface area contributed by atoms with E-state index in [1.165, 1.54) is 0 Å². The lowest BCUT2D eigenvalue weighted by Gasteiger charge is -2.38. The van der Waals surface area contributed by atoms with Gasteiger partial charge in [-0.1, -0.05) is 13.8 Å². The Labute approximate surface area is 122 Å². The van der Waals surface area contributed by atoms with Crippen LogP contribution >= 0.6 is 15.9 Å². The lowest BCUT2D eigenvalue weighted by Crippen LogP contribution is -2.53. The molecule has 0 spiro atoms. The third-order valence-electron chi connectivity index (χ3n) is 3.66. The van der Waals surface area contributed by atoms with Gasteiger partial charge in [0.2, 0.25) is 5.91 Å². The predicted octanol–water partition coefficient (Wildman–Crippen LogP) is 2.87. The van der Waals surface area contributed by atoms with Gasteiger partial charge in [-0.2, -0.15) is 0 Å². The standard InChI is InChI=1S/C14H20BrN3O/c1-9-10(15)5-6-11(17-9)18-13(19)12-14(2,3)7-4-8-16-12/h5-6,12,16H,4,7-8H2,1-3H3,(H,17,18,19). The minimum atomic E-state index is -0.160. The number of hydrogen-bond donors (Lipinski definition) is 2. The summed E-state index contributed by atoms with van der Waals surface area (Å²) in [5, 5.41) is 6.21. The first-order valence-electron chi connectivity index (χ1n) is 6.57. The number of carbonyl (C=O) groups excluding carboxylic acids is 1. The average Bonchev–Trinajstić information content (AvgIpc) is 2.33. The molecule has 2 N–H and O–H groups in total. The summed E-state index contributed by atoms with van der Waals surface area (Å²) in [5.74, 6) is 0.604. The summed E-state index contributed by atoms with van der Waals surface area (Å²) in [7, 11) is 0. The quantitative estimate of drug-likeness (QED) is 0.879. The third-order valence-corrected chi connectivity index (χ3v) is 4.50. The SMILES string of the molecule is Cc1nc(NC(=O)C2NCCCC2(C)C)ccc1Br. The number of piperidine rings is 1. The molecule has 4 nitrogen and oxygen atoms in total. The van der Waals surface area contributed by atoms with Crippen LogP contribution in [0.1, 0.15) is 32.4 Å². The van der Waals surface area contributed by atoms with Gasteiger partial charge in [0, 0.05) is 4.47 Å². The number of nitrogens with zero attached hydrogens (tertiary/aromatic N) is 1. The van der Waals surface area contributed by atoms with Gasteiger partial charge in [0.25, 0.3) is 0 Å². The molecule has 1 aliphatic rings. The number of hydrogen-bond acceptors (Lipinski definition) is 3. The van der Waals surface area contributed by atoms with Crippen molar-refractivity contribution in [2.24, 2.45) is 5.41 Å². The second-order valence-electron chi connectivity index (χ2n) is 5.73. The fourth-order valence-corrected chi connectivity index (χ4v) is 2.69. The molecule has 5 heteroatoms. The van der Waals surface area contributed by atoms with Crippen LogP contribution in [-0.4, -0.2) is 23.5 Å². The maximum Gasteiger partial charge on any atom is 0.243 e. The zero-order valence-electron chi connectivity index (χ0n) is 11.6. The Morgan fingerprint density at radius 2 is 2.26 bits per heavy atom. The van der Waals surface area contributed by atoms with Crippen molar-refractivity contribution in [3.05, 3.63) is 22.3 Å². The molecule has 1 fully saturated rings. The molecule has 2 rings (SSSR count). The zero-order valence-corrected chi connectivity index (χ0v) is 13.2. The van der Waals surface area contributed by atoms with Gasteiger partial charge in [0.05, 0.1) is 11.7 Å². The molecule has 2 heterocycles. The number of aryl methyl sites for hydroxylation is 1. The minimum Gasteiger partial charge on any atom is -0.309 e. The molecule has 0 saturated carbocycles. The largest absolute Gasteiger partial charge is 0.309 e. The molecular formula is C14H20BrN3O. The van der Waals surface area contributed by atoms with Crippen molar-refractivity contribution in [1.82, 2.24) is 10.3 Å². The van der Waals surface area contributed by atoms with Gasteiger partial charge in [-0.25, -0.2) is 4.98 Å². The summed E-state index contributed by atoms with van der Waals surface area (Å²) in [6.07, 6.45) is 2.18. The van der Waals surface area contributed by atoms with Crippen LogP contribution in [0.15, 0.2) is 16.6 Å². The van der Waals surface area contributed by atoms with Crippen LogP contribution in [0.4, 0.5) is 5.82 Å². The van der Waals surface area contributed by atoms with E-state index in [1.807, 2.05) is 19.1 Å². The van der Waals surface area contributed by atoms with Gasteiger partial charge in [-0.3, -0.25) is 4.79 Å². The highest BCUT2D eigenvalue weighted by molar-refractivity contribution is 9.10. The molecule has 19 heavy (non-hydrogen) atoms. The maximum absolute atomic E-state index is 12.4. The van der Waals surface area contributed by atoms with Gasteiger partial charge >= 0.3 is 0 Å². The second kappa shape index (κ2) is 5.59. The molecular weight excluding hydrogens is 306 g/mol. The first-order chi connectivity index (χ1) is 8.90. The van der Waals surface area contributed by atoms with Crippen LogP contribution in [0.3, 0.4) is 0 Å². The zero-order chi connectivity index (χ0) is 14.0. The highest BCUT2D eigenvalue weighted by Gasteiger charge is 2.37. The van der Waals surface area contributed by atoms with E-state index < -0.39 is 0 Å². The Balaban J connectivity index is 2.09. The Hall–Kier alpha value is -0.940. The van der Waals surface area contributed by atoms with E-state index in [0.717, 1.165) is 29.6 Å². The van der Waals surface area contributed by atoms with Crippen molar-refractivity contribution in [1.29, 1.82) is 0 Å². The van der Waals surface area contributed by atoms with Crippen LogP contribution in [0.5, 0.6) is 0 Å². The first kappa shape index (κ1) is 14.5. The predicted molar refractivity (Wildman–Crippen MR) is 80.1 cm³/mol. The Morgan fingerprint density at radius 1 is 1.53 bits per heavy atom. The summed E-state index contributed by atoms with van der Waals surface area (Å²) in [6, 6.07) is 3.55. The molecule has 0 bridgehead atoms. The number of nitrogens with one attached hydrogen (secondary N) is 2. The molecule has 1 atom stereocenters. The summed E-state index contributed by atoms with van der Waals surface area (Å²) in [6.45, 7) is 7.06. The van der Waals surface area contributed by atoms with Gasteiger partial charge in [0.15, 0.2) is 0 Å². The van der Waals surface area contributed by atoms with Crippen molar-refractivity contribution < 1.29 is 4.79 Å². The topological polar surface area (TPSA) is 54.0 Å². The minimum absolute atomic E-state index is 0.000998. The van der Waals surface area contributed by atoms with Gasteiger partial charge in [-0.05, 0) is 59.8 Å². The highest BCUT2D eigenvalue weighted by Crippen LogP contribution is 2.30. The Bertz CT molecular complexity index is 488. The molecule has 0 aliphatic carbocycles. The van der Waals surface area contributed by atoms with E-state index in [2.05, 4.69) is 45.4 Å². The molecule has 0 radical (unpaired) electrons. The Morgan fingerprint density at radius 3 is 2.89 bits per heavy atom. The van der Waals surface area contributed by atoms with E-state index >= 15 is 0 Å². The number of rotatable bonds is 2. The van der Waals surface area contributed by atoms with E-state index in [-0.39, 0.29) is 17.4 Å². The van der Waals surface area contributed by atoms with Crippen molar-refractivity contribution in [2.75, 3.05) is 11.9 Å². The normalized spacial score (nSPS) is 22.0. The summed E-state index contributed by atoms with van der Waals surface area (Å²) in [5.41, 5.74) is 0.848. The number of amides is 1. The third kappa shape index (κ3) is 3.34.